The van der Waals surface area contributed by atoms with Crippen molar-refractivity contribution in [3.05, 3.63) is 71.8 Å². The van der Waals surface area contributed by atoms with Gasteiger partial charge in [-0.2, -0.15) is 0 Å². The standard InChI is InChI=1S/C27H33N5O8/c28-18(13-16-7-3-1-4-8-16)24(36)31-20(14-17-9-5-2-6-10-17)25(37)32-21(15-22(29)33)26(38)30-19(27(39)40)11-12-23(34)35/h1-10,18-21H,11-15,28H2,(H2,29,33)(H,30,38)(H,31,36)(H,32,37)(H,34,35)(H,39,40). The zero-order chi connectivity index (χ0) is 29.7. The Bertz CT molecular complexity index is 1190. The Morgan fingerprint density at radius 3 is 1.65 bits per heavy atom. The number of nitrogens with two attached hydrogens (primary N) is 2. The highest BCUT2D eigenvalue weighted by Gasteiger charge is 2.31. The van der Waals surface area contributed by atoms with E-state index in [1.165, 1.54) is 0 Å². The van der Waals surface area contributed by atoms with Crippen LogP contribution in [0.15, 0.2) is 60.7 Å². The van der Waals surface area contributed by atoms with Gasteiger partial charge in [0.25, 0.3) is 0 Å². The van der Waals surface area contributed by atoms with E-state index in [2.05, 4.69) is 16.0 Å². The van der Waals surface area contributed by atoms with E-state index in [-0.39, 0.29) is 12.8 Å². The molecule has 9 N–H and O–H groups in total. The third-order valence-electron chi connectivity index (χ3n) is 5.85. The monoisotopic (exact) mass is 555 g/mol. The van der Waals surface area contributed by atoms with Gasteiger partial charge in [-0.25, -0.2) is 4.79 Å². The molecule has 4 amide bonds. The van der Waals surface area contributed by atoms with Crippen molar-refractivity contribution in [3.63, 3.8) is 0 Å². The number of carbonyl (C=O) groups excluding carboxylic acids is 4. The van der Waals surface area contributed by atoms with E-state index in [0.29, 0.717) is 5.56 Å². The average molecular weight is 556 g/mol. The molecule has 13 heteroatoms. The molecule has 0 aliphatic rings. The van der Waals surface area contributed by atoms with E-state index in [0.717, 1.165) is 5.56 Å². The average Bonchev–Trinajstić information content (AvgIpc) is 2.90. The lowest BCUT2D eigenvalue weighted by molar-refractivity contribution is -0.143. The van der Waals surface area contributed by atoms with Crippen molar-refractivity contribution in [1.29, 1.82) is 0 Å². The maximum absolute atomic E-state index is 13.3. The Morgan fingerprint density at radius 2 is 1.15 bits per heavy atom. The molecule has 0 aromatic heterocycles. The number of carboxylic acid groups (broad SMARTS) is 2. The van der Waals surface area contributed by atoms with Crippen LogP contribution < -0.4 is 27.4 Å². The quantitative estimate of drug-likeness (QED) is 0.135. The maximum atomic E-state index is 13.3. The Labute approximate surface area is 230 Å². The van der Waals surface area contributed by atoms with Gasteiger partial charge in [-0.15, -0.1) is 0 Å². The molecule has 0 fully saturated rings. The van der Waals surface area contributed by atoms with Crippen molar-refractivity contribution in [1.82, 2.24) is 16.0 Å². The van der Waals surface area contributed by atoms with E-state index in [1.54, 1.807) is 54.6 Å². The van der Waals surface area contributed by atoms with Crippen LogP contribution in [0.2, 0.25) is 0 Å². The lowest BCUT2D eigenvalue weighted by atomic mass is 10.0. The molecule has 0 saturated heterocycles. The number of carbonyl (C=O) groups is 6. The van der Waals surface area contributed by atoms with Crippen molar-refractivity contribution in [3.8, 4) is 0 Å². The van der Waals surface area contributed by atoms with Crippen molar-refractivity contribution < 1.29 is 39.0 Å². The molecule has 0 bridgehead atoms. The van der Waals surface area contributed by atoms with Crippen molar-refractivity contribution in [2.24, 2.45) is 11.5 Å². The van der Waals surface area contributed by atoms with Gasteiger partial charge in [0.2, 0.25) is 23.6 Å². The number of benzene rings is 2. The number of rotatable bonds is 16. The van der Waals surface area contributed by atoms with Gasteiger partial charge in [0.05, 0.1) is 12.5 Å². The minimum atomic E-state index is -1.59. The van der Waals surface area contributed by atoms with Crippen LogP contribution in [0.25, 0.3) is 0 Å². The van der Waals surface area contributed by atoms with Crippen LogP contribution in [0, 0.1) is 0 Å². The highest BCUT2D eigenvalue weighted by atomic mass is 16.4. The summed E-state index contributed by atoms with van der Waals surface area (Å²) in [5.74, 6) is -6.27. The molecule has 0 aliphatic carbocycles. The number of aliphatic carboxylic acids is 2. The van der Waals surface area contributed by atoms with Crippen LogP contribution in [-0.4, -0.2) is 69.9 Å². The third kappa shape index (κ3) is 10.9. The number of hydrogen-bond acceptors (Lipinski definition) is 7. The SMILES string of the molecule is NC(=O)CC(NC(=O)C(Cc1ccccc1)NC(=O)C(N)Cc1ccccc1)C(=O)NC(CCC(=O)O)C(=O)O. The highest BCUT2D eigenvalue weighted by Crippen LogP contribution is 2.07. The van der Waals surface area contributed by atoms with Gasteiger partial charge < -0.3 is 37.6 Å². The molecule has 2 aromatic rings. The largest absolute Gasteiger partial charge is 0.481 e. The normalized spacial score (nSPS) is 13.6. The molecule has 0 aliphatic heterocycles. The highest BCUT2D eigenvalue weighted by molar-refractivity contribution is 5.96. The van der Waals surface area contributed by atoms with Crippen LogP contribution >= 0.6 is 0 Å². The molecular weight excluding hydrogens is 522 g/mol. The zero-order valence-corrected chi connectivity index (χ0v) is 21.6. The Balaban J connectivity index is 2.20. The molecular formula is C27H33N5O8. The number of carboxylic acids is 2. The van der Waals surface area contributed by atoms with E-state index in [1.807, 2.05) is 6.07 Å². The Hall–Kier alpha value is -4.78. The number of nitrogens with one attached hydrogen (secondary N) is 3. The molecule has 40 heavy (non-hydrogen) atoms. The van der Waals surface area contributed by atoms with E-state index < -0.39 is 79.0 Å². The molecule has 0 heterocycles. The summed E-state index contributed by atoms with van der Waals surface area (Å²) >= 11 is 0. The first-order chi connectivity index (χ1) is 19.0. The van der Waals surface area contributed by atoms with E-state index in [4.69, 9.17) is 16.6 Å². The van der Waals surface area contributed by atoms with Gasteiger partial charge in [0.1, 0.15) is 18.1 Å². The molecule has 0 spiro atoms. The predicted molar refractivity (Wildman–Crippen MR) is 142 cm³/mol. The first-order valence-corrected chi connectivity index (χ1v) is 12.4. The van der Waals surface area contributed by atoms with Gasteiger partial charge in [-0.05, 0) is 24.0 Å². The van der Waals surface area contributed by atoms with Crippen LogP contribution in [0.3, 0.4) is 0 Å². The summed E-state index contributed by atoms with van der Waals surface area (Å²) in [6.45, 7) is 0. The number of primary amides is 1. The lowest BCUT2D eigenvalue weighted by Crippen LogP contribution is -2.58. The second-order valence-electron chi connectivity index (χ2n) is 9.11. The van der Waals surface area contributed by atoms with Crippen LogP contribution in [0.5, 0.6) is 0 Å². The lowest BCUT2D eigenvalue weighted by Gasteiger charge is -2.25. The fraction of sp³-hybridized carbons (Fsp3) is 0.333. The third-order valence-corrected chi connectivity index (χ3v) is 5.85. The fourth-order valence-electron chi connectivity index (χ4n) is 3.78. The number of hydrogen-bond donors (Lipinski definition) is 7. The van der Waals surface area contributed by atoms with Crippen LogP contribution in [0.4, 0.5) is 0 Å². The topological polar surface area (TPSA) is 231 Å². The van der Waals surface area contributed by atoms with Crippen molar-refractivity contribution in [2.45, 2.75) is 56.3 Å². The first-order valence-electron chi connectivity index (χ1n) is 12.4. The van der Waals surface area contributed by atoms with E-state index in [9.17, 15) is 33.9 Å². The van der Waals surface area contributed by atoms with Crippen LogP contribution in [-0.2, 0) is 41.6 Å². The molecule has 0 saturated carbocycles. The summed E-state index contributed by atoms with van der Waals surface area (Å²) in [5.41, 5.74) is 12.8. The summed E-state index contributed by atoms with van der Waals surface area (Å²) in [7, 11) is 0. The molecule has 214 valence electrons. The molecule has 2 rings (SSSR count). The minimum Gasteiger partial charge on any atom is -0.481 e. The molecule has 4 unspecified atom stereocenters. The smallest absolute Gasteiger partial charge is 0.326 e. The van der Waals surface area contributed by atoms with Gasteiger partial charge in [-0.1, -0.05) is 60.7 Å². The van der Waals surface area contributed by atoms with Gasteiger partial charge in [0, 0.05) is 12.8 Å². The van der Waals surface area contributed by atoms with Crippen molar-refractivity contribution in [2.75, 3.05) is 0 Å². The molecule has 13 nitrogen and oxygen atoms in total. The Kier molecular flexibility index (Phi) is 12.3. The molecule has 0 radical (unpaired) electrons. The summed E-state index contributed by atoms with van der Waals surface area (Å²) in [6, 6.07) is 12.3. The van der Waals surface area contributed by atoms with Crippen LogP contribution in [0.1, 0.15) is 30.4 Å². The summed E-state index contributed by atoms with van der Waals surface area (Å²) < 4.78 is 0. The second kappa shape index (κ2) is 15.6. The number of amides is 4. The van der Waals surface area contributed by atoms with Gasteiger partial charge in [0.15, 0.2) is 0 Å². The summed E-state index contributed by atoms with van der Waals surface area (Å²) in [5, 5.41) is 25.3. The predicted octanol–water partition coefficient (Wildman–Crippen LogP) is -0.922. The zero-order valence-electron chi connectivity index (χ0n) is 21.6. The Morgan fingerprint density at radius 1 is 0.675 bits per heavy atom. The second-order valence-corrected chi connectivity index (χ2v) is 9.11. The minimum absolute atomic E-state index is 0.0117. The molecule has 2 aromatic carbocycles. The van der Waals surface area contributed by atoms with Gasteiger partial charge in [-0.3, -0.25) is 24.0 Å². The summed E-state index contributed by atoms with van der Waals surface area (Å²) in [6.07, 6.45) is -1.44. The molecule has 4 atom stereocenters. The fourth-order valence-corrected chi connectivity index (χ4v) is 3.78. The summed E-state index contributed by atoms with van der Waals surface area (Å²) in [4.78, 5) is 73.0. The maximum Gasteiger partial charge on any atom is 0.326 e. The first kappa shape index (κ1) is 31.4. The van der Waals surface area contributed by atoms with Gasteiger partial charge >= 0.3 is 11.9 Å². The van der Waals surface area contributed by atoms with Crippen molar-refractivity contribution >= 4 is 35.6 Å². The van der Waals surface area contributed by atoms with E-state index >= 15 is 0 Å².